The highest BCUT2D eigenvalue weighted by atomic mass is 127. The number of rotatable bonds is 29. The summed E-state index contributed by atoms with van der Waals surface area (Å²) in [5, 5.41) is 3.55. The Morgan fingerprint density at radius 2 is 0.750 bits per heavy atom. The van der Waals surface area contributed by atoms with E-state index >= 15 is 0 Å². The summed E-state index contributed by atoms with van der Waals surface area (Å²) in [6.07, 6.45) is 38.7. The maximum Gasteiger partial charge on any atom is 0.0813 e. The molecule has 0 radical (unpaired) electrons. The molecule has 0 aliphatic heterocycles. The Balaban J connectivity index is 3.75. The highest BCUT2D eigenvalue weighted by Crippen LogP contribution is 2.26. The molecule has 36 heavy (non-hydrogen) atoms. The largest absolute Gasteiger partial charge is 0.368 e. The van der Waals surface area contributed by atoms with Crippen LogP contribution in [0.15, 0.2) is 0 Å². The molecule has 0 aromatic carbocycles. The summed E-state index contributed by atoms with van der Waals surface area (Å²) < 4.78 is 0.505. The SMILES string of the molecule is CCCCCCCCCCCCCCCC(CCCCCCCCCCCCCC)C(I)NC(C)=S. The van der Waals surface area contributed by atoms with Crippen LogP contribution < -0.4 is 5.32 Å². The first-order valence-corrected chi connectivity index (χ1v) is 18.2. The third-order valence-corrected chi connectivity index (χ3v) is 9.31. The monoisotopic (exact) mass is 635 g/mol. The Kier molecular flexibility index (Phi) is 30.7. The van der Waals surface area contributed by atoms with Crippen molar-refractivity contribution in [3.05, 3.63) is 0 Å². The molecule has 0 saturated heterocycles. The lowest BCUT2D eigenvalue weighted by atomic mass is 9.93. The Labute approximate surface area is 248 Å². The van der Waals surface area contributed by atoms with Crippen LogP contribution in [0.5, 0.6) is 0 Å². The van der Waals surface area contributed by atoms with Crippen molar-refractivity contribution in [3.8, 4) is 0 Å². The van der Waals surface area contributed by atoms with Crippen LogP contribution >= 0.6 is 34.8 Å². The van der Waals surface area contributed by atoms with Gasteiger partial charge >= 0.3 is 0 Å². The highest BCUT2D eigenvalue weighted by molar-refractivity contribution is 14.1. The van der Waals surface area contributed by atoms with Crippen molar-refractivity contribution in [3.63, 3.8) is 0 Å². The lowest BCUT2D eigenvalue weighted by Gasteiger charge is -2.24. The first-order chi connectivity index (χ1) is 17.6. The fraction of sp³-hybridized carbons (Fsp3) is 0.970. The van der Waals surface area contributed by atoms with Crippen LogP contribution in [0.25, 0.3) is 0 Å². The predicted molar refractivity (Wildman–Crippen MR) is 179 cm³/mol. The van der Waals surface area contributed by atoms with Crippen molar-refractivity contribution in [2.24, 2.45) is 5.92 Å². The molecule has 0 rings (SSSR count). The van der Waals surface area contributed by atoms with E-state index in [9.17, 15) is 0 Å². The van der Waals surface area contributed by atoms with Gasteiger partial charge in [-0.2, -0.15) is 0 Å². The molecule has 1 nitrogen and oxygen atoms in total. The zero-order valence-electron chi connectivity index (χ0n) is 25.0. The summed E-state index contributed by atoms with van der Waals surface area (Å²) in [7, 11) is 0. The van der Waals surface area contributed by atoms with E-state index in [2.05, 4.69) is 41.8 Å². The molecule has 0 spiro atoms. The second-order valence-electron chi connectivity index (χ2n) is 11.6. The number of halogens is 1. The third-order valence-electron chi connectivity index (χ3n) is 7.86. The van der Waals surface area contributed by atoms with Crippen molar-refractivity contribution in [1.29, 1.82) is 0 Å². The van der Waals surface area contributed by atoms with Gasteiger partial charge in [-0.25, -0.2) is 0 Å². The van der Waals surface area contributed by atoms with Gasteiger partial charge in [0.1, 0.15) is 0 Å². The lowest BCUT2D eigenvalue weighted by molar-refractivity contribution is 0.389. The summed E-state index contributed by atoms with van der Waals surface area (Å²) in [4.78, 5) is 0.958. The van der Waals surface area contributed by atoms with Crippen molar-refractivity contribution in [2.75, 3.05) is 0 Å². The Bertz CT molecular complexity index is 441. The lowest BCUT2D eigenvalue weighted by Crippen LogP contribution is -2.33. The molecule has 2 atom stereocenters. The molecule has 1 N–H and O–H groups in total. The van der Waals surface area contributed by atoms with Gasteiger partial charge < -0.3 is 5.32 Å². The summed E-state index contributed by atoms with van der Waals surface area (Å²) in [6, 6.07) is 0. The number of unbranched alkanes of at least 4 members (excludes halogenated alkanes) is 23. The van der Waals surface area contributed by atoms with Gasteiger partial charge in [-0.05, 0) is 25.7 Å². The fourth-order valence-corrected chi connectivity index (χ4v) is 6.95. The van der Waals surface area contributed by atoms with Crippen LogP contribution in [0.3, 0.4) is 0 Å². The van der Waals surface area contributed by atoms with Crippen LogP contribution in [0.1, 0.15) is 194 Å². The number of nitrogens with one attached hydrogen (secondary N) is 1. The van der Waals surface area contributed by atoms with E-state index in [-0.39, 0.29) is 0 Å². The number of alkyl halides is 1. The Hall–Kier alpha value is 0.620. The van der Waals surface area contributed by atoms with Gasteiger partial charge in [-0.3, -0.25) is 0 Å². The third kappa shape index (κ3) is 27.6. The van der Waals surface area contributed by atoms with Crippen LogP contribution in [0.2, 0.25) is 0 Å². The van der Waals surface area contributed by atoms with Crippen molar-refractivity contribution >= 4 is 39.8 Å². The van der Waals surface area contributed by atoms with E-state index in [1.807, 2.05) is 6.92 Å². The van der Waals surface area contributed by atoms with Gasteiger partial charge in [0, 0.05) is 0 Å². The number of hydrogen-bond donors (Lipinski definition) is 1. The van der Waals surface area contributed by atoms with E-state index in [0.29, 0.717) is 4.05 Å². The van der Waals surface area contributed by atoms with Gasteiger partial charge in [0.2, 0.25) is 0 Å². The average molecular weight is 636 g/mol. The van der Waals surface area contributed by atoms with Gasteiger partial charge in [-0.15, -0.1) is 0 Å². The Morgan fingerprint density at radius 3 is 1.00 bits per heavy atom. The van der Waals surface area contributed by atoms with Crippen LogP contribution in [0, 0.1) is 5.92 Å². The fourth-order valence-electron chi connectivity index (χ4n) is 5.42. The minimum atomic E-state index is 0.505. The predicted octanol–water partition coefficient (Wildman–Crippen LogP) is 12.9. The molecule has 0 heterocycles. The van der Waals surface area contributed by atoms with E-state index in [0.717, 1.165) is 10.9 Å². The molecule has 2 unspecified atom stereocenters. The molecule has 0 aromatic rings. The van der Waals surface area contributed by atoms with Crippen LogP contribution in [-0.2, 0) is 0 Å². The topological polar surface area (TPSA) is 12.0 Å². The molecule has 0 aliphatic rings. The Morgan fingerprint density at radius 1 is 0.500 bits per heavy atom. The minimum absolute atomic E-state index is 0.505. The van der Waals surface area contributed by atoms with E-state index in [1.54, 1.807) is 0 Å². The van der Waals surface area contributed by atoms with Crippen molar-refractivity contribution in [1.82, 2.24) is 5.32 Å². The first kappa shape index (κ1) is 36.6. The molecule has 216 valence electrons. The first-order valence-electron chi connectivity index (χ1n) is 16.5. The van der Waals surface area contributed by atoms with E-state index in [1.165, 1.54) is 173 Å². The maximum atomic E-state index is 5.35. The summed E-state index contributed by atoms with van der Waals surface area (Å²) in [5.41, 5.74) is 0. The summed E-state index contributed by atoms with van der Waals surface area (Å²) >= 11 is 7.96. The molecule has 0 fully saturated rings. The molecular weight excluding hydrogens is 569 g/mol. The smallest absolute Gasteiger partial charge is 0.0813 e. The van der Waals surface area contributed by atoms with Gasteiger partial charge in [-0.1, -0.05) is 209 Å². The maximum absolute atomic E-state index is 5.35. The quantitative estimate of drug-likeness (QED) is 0.0289. The van der Waals surface area contributed by atoms with Crippen LogP contribution in [-0.4, -0.2) is 9.04 Å². The average Bonchev–Trinajstić information content (AvgIpc) is 2.85. The van der Waals surface area contributed by atoms with Gasteiger partial charge in [0.15, 0.2) is 0 Å². The molecule has 0 aromatic heterocycles. The molecule has 0 aliphatic carbocycles. The zero-order chi connectivity index (χ0) is 26.5. The summed E-state index contributed by atoms with van der Waals surface area (Å²) in [5.74, 6) is 0.777. The molecule has 0 bridgehead atoms. The molecule has 0 saturated carbocycles. The van der Waals surface area contributed by atoms with E-state index < -0.39 is 0 Å². The standard InChI is InChI=1S/C33H66INS/c1-4-6-8-10-12-14-16-18-20-22-24-26-28-30-32(33(34)35-31(3)36)29-27-25-23-21-19-17-15-13-11-9-7-5-2/h32-33H,4-30H2,1-3H3,(H,35,36). The normalized spacial score (nSPS) is 13.1. The molecular formula is C33H66INS. The second kappa shape index (κ2) is 30.2. The number of thiocarbonyl (C=S) groups is 1. The highest BCUT2D eigenvalue weighted by Gasteiger charge is 2.18. The van der Waals surface area contributed by atoms with Crippen molar-refractivity contribution < 1.29 is 0 Å². The zero-order valence-corrected chi connectivity index (χ0v) is 28.0. The van der Waals surface area contributed by atoms with E-state index in [4.69, 9.17) is 12.2 Å². The minimum Gasteiger partial charge on any atom is -0.368 e. The van der Waals surface area contributed by atoms with Gasteiger partial charge in [0.05, 0.1) is 9.04 Å². The second-order valence-corrected chi connectivity index (χ2v) is 13.5. The van der Waals surface area contributed by atoms with Crippen molar-refractivity contribution in [2.45, 2.75) is 198 Å². The number of hydrogen-bond acceptors (Lipinski definition) is 1. The van der Waals surface area contributed by atoms with Crippen LogP contribution in [0.4, 0.5) is 0 Å². The molecule has 0 amide bonds. The van der Waals surface area contributed by atoms with Gasteiger partial charge in [0.25, 0.3) is 0 Å². The molecule has 3 heteroatoms. The summed E-state index contributed by atoms with van der Waals surface area (Å²) in [6.45, 7) is 6.64.